The van der Waals surface area contributed by atoms with E-state index in [4.69, 9.17) is 10.2 Å². The van der Waals surface area contributed by atoms with Crippen LogP contribution in [0, 0.1) is 0 Å². The van der Waals surface area contributed by atoms with E-state index in [0.29, 0.717) is 0 Å². The maximum Gasteiger partial charge on any atom is 2.00 e. The Hall–Kier alpha value is 0.160. The van der Waals surface area contributed by atoms with E-state index in [9.17, 15) is 9.59 Å². The Morgan fingerprint density at radius 3 is 1.40 bits per heavy atom. The topological polar surface area (TPSA) is 106 Å². The van der Waals surface area contributed by atoms with E-state index >= 15 is 0 Å². The third-order valence-electron chi connectivity index (χ3n) is 0.553. The maximum atomic E-state index is 9.64. The summed E-state index contributed by atoms with van der Waals surface area (Å²) in [5, 5.41) is 15.8. The zero-order valence-corrected chi connectivity index (χ0v) is 7.54. The molecule has 0 aromatic heterocycles. The summed E-state index contributed by atoms with van der Waals surface area (Å²) in [6, 6.07) is 0. The smallest absolute Gasteiger partial charge is 1.00 e. The summed E-state index contributed by atoms with van der Waals surface area (Å²) in [5.41, 5.74) is 0. The van der Waals surface area contributed by atoms with Gasteiger partial charge in [-0.05, 0) is 0 Å². The third kappa shape index (κ3) is 15.7. The fraction of sp³-hybridized carbons (Fsp3) is 0.500. The summed E-state index contributed by atoms with van der Waals surface area (Å²) < 4.78 is 0. The van der Waals surface area contributed by atoms with E-state index < -0.39 is 11.9 Å². The summed E-state index contributed by atoms with van der Waals surface area (Å²) in [7, 11) is 0. The molecule has 0 aromatic rings. The summed E-state index contributed by atoms with van der Waals surface area (Å²) >= 11 is 0. The number of hydrogen-bond donors (Lipinski definition) is 2. The van der Waals surface area contributed by atoms with Crippen molar-refractivity contribution in [2.24, 2.45) is 0 Å². The minimum absolute atomic E-state index is 0. The van der Waals surface area contributed by atoms with E-state index in [-0.39, 0.29) is 58.9 Å². The van der Waals surface area contributed by atoms with Gasteiger partial charge < -0.3 is 18.5 Å². The van der Waals surface area contributed by atoms with Gasteiger partial charge in [0.1, 0.15) is 0 Å². The van der Waals surface area contributed by atoms with Gasteiger partial charge in [-0.15, -0.1) is 0 Å². The zero-order valence-electron chi connectivity index (χ0n) is 7.33. The van der Waals surface area contributed by atoms with Crippen LogP contribution < -0.4 is 0 Å². The molecule has 10 heavy (non-hydrogen) atoms. The molecule has 0 aromatic carbocycles. The average molecular weight is 178 g/mol. The molecule has 0 aliphatic carbocycles. The van der Waals surface area contributed by atoms with E-state index in [1.807, 2.05) is 0 Å². The molecule has 0 rings (SSSR count). The van der Waals surface area contributed by atoms with Crippen LogP contribution in [0.25, 0.3) is 0 Å². The molecule has 0 radical (unpaired) electrons. The molecule has 0 aliphatic heterocycles. The van der Waals surface area contributed by atoms with Crippen molar-refractivity contribution in [1.82, 2.24) is 0 Å². The predicted molar refractivity (Wildman–Crippen MR) is 36.1 cm³/mol. The number of hydrogen-bond acceptors (Lipinski definition) is 2. The van der Waals surface area contributed by atoms with Crippen LogP contribution in [0.1, 0.15) is 15.7 Å². The first-order chi connectivity index (χ1) is 3.63. The van der Waals surface area contributed by atoms with Gasteiger partial charge in [0.2, 0.25) is 0 Å². The minimum Gasteiger partial charge on any atom is -1.00 e. The Kier molecular flexibility index (Phi) is 15.2. The van der Waals surface area contributed by atoms with Crippen LogP contribution in [0.3, 0.4) is 0 Å². The molecule has 4 N–H and O–H groups in total. The number of carboxylic acid groups (broad SMARTS) is 2. The van der Waals surface area contributed by atoms with Crippen molar-refractivity contribution in [1.29, 1.82) is 0 Å². The van der Waals surface area contributed by atoms with Gasteiger partial charge in [-0.2, -0.15) is 0 Å². The van der Waals surface area contributed by atoms with Gasteiger partial charge >= 0.3 is 49.7 Å². The SMILES string of the molecule is O.O=C(O)CCC(=O)O.[Ca+2].[H-].[H-]. The first-order valence-corrected chi connectivity index (χ1v) is 2.06. The van der Waals surface area contributed by atoms with Gasteiger partial charge in [-0.3, -0.25) is 9.59 Å². The van der Waals surface area contributed by atoms with Crippen LogP contribution in [-0.4, -0.2) is 65.4 Å². The largest absolute Gasteiger partial charge is 2.00 e. The van der Waals surface area contributed by atoms with Crippen LogP contribution in [0.2, 0.25) is 0 Å². The minimum atomic E-state index is -1.08. The first-order valence-electron chi connectivity index (χ1n) is 2.06. The van der Waals surface area contributed by atoms with Gasteiger partial charge in [0.15, 0.2) is 0 Å². The predicted octanol–water partition coefficient (Wildman–Crippen LogP) is -1.04. The van der Waals surface area contributed by atoms with E-state index in [1.54, 1.807) is 0 Å². The molecule has 0 heterocycles. The molecule has 0 fully saturated rings. The fourth-order valence-electron chi connectivity index (χ4n) is 0.214. The van der Waals surface area contributed by atoms with Crippen molar-refractivity contribution in [3.8, 4) is 0 Å². The van der Waals surface area contributed by atoms with Crippen LogP contribution >= 0.6 is 0 Å². The number of carboxylic acids is 2. The van der Waals surface area contributed by atoms with Crippen molar-refractivity contribution in [3.63, 3.8) is 0 Å². The second kappa shape index (κ2) is 9.16. The molecule has 0 amide bonds. The molecule has 6 heteroatoms. The molecule has 0 saturated heterocycles. The van der Waals surface area contributed by atoms with E-state index in [1.165, 1.54) is 0 Å². The Labute approximate surface area is 90.3 Å². The van der Waals surface area contributed by atoms with Gasteiger partial charge in [0.25, 0.3) is 0 Å². The number of aliphatic carboxylic acids is 2. The first kappa shape index (κ1) is 16.6. The average Bonchev–Trinajstić information content (AvgIpc) is 1.61. The van der Waals surface area contributed by atoms with Gasteiger partial charge in [-0.1, -0.05) is 0 Å². The normalized spacial score (nSPS) is 6.80. The zero-order chi connectivity index (χ0) is 6.57. The van der Waals surface area contributed by atoms with Crippen molar-refractivity contribution in [2.45, 2.75) is 12.8 Å². The number of rotatable bonds is 3. The summed E-state index contributed by atoms with van der Waals surface area (Å²) in [6.07, 6.45) is -0.593. The fourth-order valence-corrected chi connectivity index (χ4v) is 0.214. The summed E-state index contributed by atoms with van der Waals surface area (Å²) in [4.78, 5) is 19.3. The van der Waals surface area contributed by atoms with Crippen molar-refractivity contribution in [2.75, 3.05) is 0 Å². The van der Waals surface area contributed by atoms with Crippen molar-refractivity contribution in [3.05, 3.63) is 0 Å². The Morgan fingerprint density at radius 2 is 1.30 bits per heavy atom. The summed E-state index contributed by atoms with van der Waals surface area (Å²) in [6.45, 7) is 0. The van der Waals surface area contributed by atoms with Gasteiger partial charge in [-0.25, -0.2) is 0 Å². The molecule has 5 nitrogen and oxygen atoms in total. The van der Waals surface area contributed by atoms with Gasteiger partial charge in [0.05, 0.1) is 12.8 Å². The van der Waals surface area contributed by atoms with E-state index in [0.717, 1.165) is 0 Å². The molecule has 0 bridgehead atoms. The third-order valence-corrected chi connectivity index (χ3v) is 0.553. The molecular formula is C4H10CaO5. The molecule has 0 saturated carbocycles. The van der Waals surface area contributed by atoms with Crippen LogP contribution in [0.4, 0.5) is 0 Å². The second-order valence-corrected chi connectivity index (χ2v) is 1.29. The monoisotopic (exact) mass is 178 g/mol. The Balaban J connectivity index is -0.0000000408. The summed E-state index contributed by atoms with van der Waals surface area (Å²) in [5.74, 6) is -2.15. The molecule has 0 aliphatic rings. The van der Waals surface area contributed by atoms with Gasteiger partial charge in [0, 0.05) is 0 Å². The standard InChI is InChI=1S/C4H6O4.Ca.H2O.2H/c5-3(6)1-2-4(7)8;;;;/h1-2H2,(H,5,6)(H,7,8);;1H2;;/q;+2;;2*-1. The van der Waals surface area contributed by atoms with Crippen molar-refractivity contribution < 1.29 is 28.1 Å². The molecule has 0 spiro atoms. The Morgan fingerprint density at radius 1 is 1.10 bits per heavy atom. The maximum absolute atomic E-state index is 9.64. The van der Waals surface area contributed by atoms with Crippen LogP contribution in [0.15, 0.2) is 0 Å². The number of carbonyl (C=O) groups is 2. The second-order valence-electron chi connectivity index (χ2n) is 1.29. The Bertz CT molecular complexity index is 106. The quantitative estimate of drug-likeness (QED) is 0.538. The molecular weight excluding hydrogens is 168 g/mol. The molecule has 0 atom stereocenters. The molecule has 0 unspecified atom stereocenters. The molecule has 58 valence electrons. The van der Waals surface area contributed by atoms with Crippen LogP contribution in [-0.2, 0) is 9.59 Å². The van der Waals surface area contributed by atoms with E-state index in [2.05, 4.69) is 0 Å². The van der Waals surface area contributed by atoms with Crippen LogP contribution in [0.5, 0.6) is 0 Å². The van der Waals surface area contributed by atoms with Crippen molar-refractivity contribution >= 4 is 49.7 Å².